The molecule has 0 amide bonds. The molecule has 0 radical (unpaired) electrons. The third-order valence-electron chi connectivity index (χ3n) is 5.18. The Labute approximate surface area is 143 Å². The fraction of sp³-hybridized carbons (Fsp3) is 1.00. The number of hydrogen-bond donors (Lipinski definition) is 1. The van der Waals surface area contributed by atoms with E-state index < -0.39 is 29.3 Å². The van der Waals surface area contributed by atoms with Crippen LogP contribution in [-0.2, 0) is 18.7 Å². The van der Waals surface area contributed by atoms with E-state index in [4.69, 9.17) is 8.61 Å². The average molecular weight is 367 g/mol. The average Bonchev–Trinajstić information content (AvgIpc) is 3.21. The van der Waals surface area contributed by atoms with Gasteiger partial charge in [-0.3, -0.25) is 4.18 Å². The highest BCUT2D eigenvalue weighted by molar-refractivity contribution is 7.88. The highest BCUT2D eigenvalue weighted by atomic mass is 32.2. The largest absolute Gasteiger partial charge is 0.414 e. The fourth-order valence-corrected chi connectivity index (χ4v) is 4.75. The van der Waals surface area contributed by atoms with Crippen molar-refractivity contribution < 1.29 is 22.1 Å². The van der Waals surface area contributed by atoms with Crippen LogP contribution in [0.15, 0.2) is 0 Å². The van der Waals surface area contributed by atoms with Crippen LogP contribution in [0.3, 0.4) is 0 Å². The Kier molecular flexibility index (Phi) is 6.89. The molecule has 1 saturated carbocycles. The van der Waals surface area contributed by atoms with Crippen LogP contribution in [0.1, 0.15) is 59.8 Å². The highest BCUT2D eigenvalue weighted by Crippen LogP contribution is 2.48. The molecule has 0 heterocycles. The molecule has 0 aromatic heterocycles. The summed E-state index contributed by atoms with van der Waals surface area (Å²) in [5.74, 6) is 0. The number of aliphatic hydroxyl groups is 1. The van der Waals surface area contributed by atoms with E-state index in [1.54, 1.807) is 0 Å². The van der Waals surface area contributed by atoms with E-state index >= 15 is 0 Å². The van der Waals surface area contributed by atoms with Gasteiger partial charge in [-0.1, -0.05) is 40.5 Å². The zero-order chi connectivity index (χ0) is 17.9. The first kappa shape index (κ1) is 21.1. The standard InChI is InChI=1S/C16H34O5SSi/c1-7-8-9-16(10-11-16)22(18,19)20-12-14(17)13-21-23(5,6)15(2,3)4/h14,17H,7-13H2,1-6H3/t14-/m0/s1. The second-order valence-corrected chi connectivity index (χ2v) is 15.1. The van der Waals surface area contributed by atoms with Crippen LogP contribution in [0.2, 0.25) is 18.1 Å². The Hall–Kier alpha value is 0.0469. The van der Waals surface area contributed by atoms with Crippen molar-refractivity contribution in [2.75, 3.05) is 13.2 Å². The van der Waals surface area contributed by atoms with E-state index in [2.05, 4.69) is 33.9 Å². The Morgan fingerprint density at radius 1 is 1.22 bits per heavy atom. The maximum Gasteiger partial charge on any atom is 0.273 e. The van der Waals surface area contributed by atoms with Gasteiger partial charge in [0, 0.05) is 0 Å². The second-order valence-electron chi connectivity index (χ2n) is 8.25. The lowest BCUT2D eigenvalue weighted by Crippen LogP contribution is -2.43. The molecule has 1 rings (SSSR count). The maximum absolute atomic E-state index is 12.3. The van der Waals surface area contributed by atoms with Gasteiger partial charge in [0.1, 0.15) is 6.10 Å². The predicted octanol–water partition coefficient (Wildman–Crippen LogP) is 3.44. The summed E-state index contributed by atoms with van der Waals surface area (Å²) in [7, 11) is -5.55. The van der Waals surface area contributed by atoms with E-state index in [9.17, 15) is 13.5 Å². The van der Waals surface area contributed by atoms with Gasteiger partial charge in [-0.2, -0.15) is 8.42 Å². The molecule has 1 atom stereocenters. The molecule has 138 valence electrons. The molecule has 0 saturated heterocycles. The first-order valence-corrected chi connectivity index (χ1v) is 12.9. The quantitative estimate of drug-likeness (QED) is 0.473. The van der Waals surface area contributed by atoms with E-state index in [1.165, 1.54) is 0 Å². The molecule has 0 aliphatic heterocycles. The Balaban J connectivity index is 2.46. The Bertz CT molecular complexity index is 477. The Morgan fingerprint density at radius 3 is 2.22 bits per heavy atom. The molecule has 1 aliphatic carbocycles. The normalized spacial score (nSPS) is 19.6. The summed E-state index contributed by atoms with van der Waals surface area (Å²) >= 11 is 0. The lowest BCUT2D eigenvalue weighted by Gasteiger charge is -2.36. The first-order chi connectivity index (χ1) is 10.4. The molecule has 1 N–H and O–H groups in total. The van der Waals surface area contributed by atoms with Gasteiger partial charge in [-0.15, -0.1) is 0 Å². The van der Waals surface area contributed by atoms with Crippen molar-refractivity contribution in [3.05, 3.63) is 0 Å². The molecule has 0 bridgehead atoms. The van der Waals surface area contributed by atoms with E-state index in [-0.39, 0.29) is 18.3 Å². The SMILES string of the molecule is CCCCC1(S(=O)(=O)OC[C@H](O)CO[Si](C)(C)C(C)(C)C)CC1. The second kappa shape index (κ2) is 7.52. The van der Waals surface area contributed by atoms with Gasteiger partial charge >= 0.3 is 0 Å². The molecule has 0 spiro atoms. The van der Waals surface area contributed by atoms with Crippen LogP contribution in [0.25, 0.3) is 0 Å². The zero-order valence-corrected chi connectivity index (χ0v) is 17.3. The third-order valence-corrected chi connectivity index (χ3v) is 11.8. The molecule has 23 heavy (non-hydrogen) atoms. The van der Waals surface area contributed by atoms with Gasteiger partial charge in [0.05, 0.1) is 18.0 Å². The van der Waals surface area contributed by atoms with Gasteiger partial charge in [-0.25, -0.2) is 0 Å². The van der Waals surface area contributed by atoms with Crippen molar-refractivity contribution >= 4 is 18.4 Å². The molecule has 1 fully saturated rings. The van der Waals surface area contributed by atoms with Gasteiger partial charge < -0.3 is 9.53 Å². The van der Waals surface area contributed by atoms with Crippen LogP contribution >= 0.6 is 0 Å². The summed E-state index contributed by atoms with van der Waals surface area (Å²) in [6, 6.07) is 0. The molecule has 1 aliphatic rings. The number of hydrogen-bond acceptors (Lipinski definition) is 5. The summed E-state index contributed by atoms with van der Waals surface area (Å²) in [5, 5.41) is 10.1. The maximum atomic E-state index is 12.3. The molecule has 0 unspecified atom stereocenters. The molecule has 0 aromatic rings. The smallest absolute Gasteiger partial charge is 0.273 e. The lowest BCUT2D eigenvalue weighted by atomic mass is 10.2. The number of aliphatic hydroxyl groups excluding tert-OH is 1. The highest BCUT2D eigenvalue weighted by Gasteiger charge is 2.54. The van der Waals surface area contributed by atoms with Crippen molar-refractivity contribution in [2.24, 2.45) is 0 Å². The van der Waals surface area contributed by atoms with Gasteiger partial charge in [0.15, 0.2) is 8.32 Å². The first-order valence-electron chi connectivity index (χ1n) is 8.58. The molecule has 0 aromatic carbocycles. The van der Waals surface area contributed by atoms with Crippen LogP contribution in [0.5, 0.6) is 0 Å². The Morgan fingerprint density at radius 2 is 1.78 bits per heavy atom. The number of unbranched alkanes of at least 4 members (excludes halogenated alkanes) is 1. The van der Waals surface area contributed by atoms with E-state index in [0.29, 0.717) is 19.3 Å². The summed E-state index contributed by atoms with van der Waals surface area (Å²) < 4.78 is 35.0. The minimum absolute atomic E-state index is 0.0534. The summed E-state index contributed by atoms with van der Waals surface area (Å²) in [6.45, 7) is 12.5. The van der Waals surface area contributed by atoms with Crippen molar-refractivity contribution in [1.82, 2.24) is 0 Å². The topological polar surface area (TPSA) is 72.8 Å². The monoisotopic (exact) mass is 366 g/mol. The van der Waals surface area contributed by atoms with Crippen LogP contribution in [0.4, 0.5) is 0 Å². The van der Waals surface area contributed by atoms with E-state index in [0.717, 1.165) is 12.8 Å². The lowest BCUT2D eigenvalue weighted by molar-refractivity contribution is 0.0590. The summed E-state index contributed by atoms with van der Waals surface area (Å²) in [6.07, 6.45) is 2.95. The molecular weight excluding hydrogens is 332 g/mol. The minimum Gasteiger partial charge on any atom is -0.414 e. The molecule has 5 nitrogen and oxygen atoms in total. The number of rotatable bonds is 10. The van der Waals surface area contributed by atoms with Gasteiger partial charge in [0.2, 0.25) is 0 Å². The van der Waals surface area contributed by atoms with Crippen molar-refractivity contribution in [3.8, 4) is 0 Å². The summed E-state index contributed by atoms with van der Waals surface area (Å²) in [4.78, 5) is 0. The van der Waals surface area contributed by atoms with Crippen molar-refractivity contribution in [1.29, 1.82) is 0 Å². The predicted molar refractivity (Wildman–Crippen MR) is 95.5 cm³/mol. The summed E-state index contributed by atoms with van der Waals surface area (Å²) in [5.41, 5.74) is 0. The van der Waals surface area contributed by atoms with Crippen molar-refractivity contribution in [2.45, 2.75) is 88.8 Å². The van der Waals surface area contributed by atoms with Gasteiger partial charge in [-0.05, 0) is 37.4 Å². The van der Waals surface area contributed by atoms with Gasteiger partial charge in [0.25, 0.3) is 10.1 Å². The van der Waals surface area contributed by atoms with Crippen molar-refractivity contribution in [3.63, 3.8) is 0 Å². The van der Waals surface area contributed by atoms with Crippen LogP contribution in [0, 0.1) is 0 Å². The molecule has 7 heteroatoms. The van der Waals surface area contributed by atoms with E-state index in [1.807, 2.05) is 6.92 Å². The van der Waals surface area contributed by atoms with Crippen LogP contribution < -0.4 is 0 Å². The molecular formula is C16H34O5SSi. The van der Waals surface area contributed by atoms with Crippen LogP contribution in [-0.4, -0.2) is 45.9 Å². The minimum atomic E-state index is -3.60. The third kappa shape index (κ3) is 5.52. The zero-order valence-electron chi connectivity index (χ0n) is 15.5. The fourth-order valence-electron chi connectivity index (χ4n) is 2.13.